The molecule has 28 heavy (non-hydrogen) atoms. The van der Waals surface area contributed by atoms with Crippen molar-refractivity contribution >= 4 is 11.8 Å². The van der Waals surface area contributed by atoms with E-state index < -0.39 is 0 Å². The maximum Gasteiger partial charge on any atom is 0.191 e. The van der Waals surface area contributed by atoms with Crippen molar-refractivity contribution in [3.8, 4) is 5.75 Å². The van der Waals surface area contributed by atoms with Gasteiger partial charge in [0.25, 0.3) is 0 Å². The molecule has 2 heterocycles. The average Bonchev–Trinajstić information content (AvgIpc) is 3.25. The third-order valence-electron chi connectivity index (χ3n) is 4.64. The highest BCUT2D eigenvalue weighted by atomic mass is 19.1. The molecule has 1 fully saturated rings. The molecule has 150 valence electrons. The smallest absolute Gasteiger partial charge is 0.191 e. The summed E-state index contributed by atoms with van der Waals surface area (Å²) < 4.78 is 19.3. The lowest BCUT2D eigenvalue weighted by molar-refractivity contribution is 0.214. The van der Waals surface area contributed by atoms with Crippen LogP contribution < -0.4 is 20.3 Å². The summed E-state index contributed by atoms with van der Waals surface area (Å²) in [6.45, 7) is 5.19. The predicted molar refractivity (Wildman–Crippen MR) is 110 cm³/mol. The van der Waals surface area contributed by atoms with E-state index in [2.05, 4.69) is 37.6 Å². The van der Waals surface area contributed by atoms with Crippen molar-refractivity contribution in [3.05, 3.63) is 54.0 Å². The van der Waals surface area contributed by atoms with Gasteiger partial charge in [0, 0.05) is 32.9 Å². The van der Waals surface area contributed by atoms with Gasteiger partial charge in [-0.25, -0.2) is 9.37 Å². The molecule has 1 aromatic carbocycles. The Balaban J connectivity index is 1.43. The maximum absolute atomic E-state index is 13.7. The normalized spacial score (nSPS) is 15.4. The number of hydrogen-bond donors (Lipinski definition) is 2. The molecule has 0 bridgehead atoms. The van der Waals surface area contributed by atoms with Crippen LogP contribution in [0.15, 0.2) is 47.6 Å². The minimum Gasteiger partial charge on any atom is -0.486 e. The van der Waals surface area contributed by atoms with Crippen LogP contribution in [0.2, 0.25) is 0 Å². The number of pyridine rings is 1. The van der Waals surface area contributed by atoms with Crippen molar-refractivity contribution in [2.75, 3.05) is 31.6 Å². The maximum atomic E-state index is 13.7. The first-order valence-corrected chi connectivity index (χ1v) is 9.71. The minimum atomic E-state index is -0.360. The third-order valence-corrected chi connectivity index (χ3v) is 4.64. The number of halogens is 1. The molecule has 7 heteroatoms. The molecule has 2 aromatic rings. The molecule has 1 aliphatic rings. The summed E-state index contributed by atoms with van der Waals surface area (Å²) in [5.41, 5.74) is 1.08. The van der Waals surface area contributed by atoms with Crippen LogP contribution in [0.1, 0.15) is 25.3 Å². The summed E-state index contributed by atoms with van der Waals surface area (Å²) in [5, 5.41) is 6.46. The Bertz CT molecular complexity index is 775. The van der Waals surface area contributed by atoms with E-state index >= 15 is 0 Å². The van der Waals surface area contributed by atoms with Crippen molar-refractivity contribution in [3.63, 3.8) is 0 Å². The van der Waals surface area contributed by atoms with Crippen LogP contribution in [0.5, 0.6) is 5.75 Å². The number of nitrogens with one attached hydrogen (secondary N) is 2. The number of aromatic nitrogens is 1. The zero-order chi connectivity index (χ0) is 19.8. The SMILES string of the molecule is CN=C(NCc1ccc(N2CCCC2)nc1)NCC(C)Oc1ccccc1F. The number of ether oxygens (including phenoxy) is 1. The Kier molecular flexibility index (Phi) is 7.06. The lowest BCUT2D eigenvalue weighted by atomic mass is 10.3. The highest BCUT2D eigenvalue weighted by Crippen LogP contribution is 2.18. The van der Waals surface area contributed by atoms with E-state index in [0.29, 0.717) is 19.0 Å². The summed E-state index contributed by atoms with van der Waals surface area (Å²) in [4.78, 5) is 11.1. The van der Waals surface area contributed by atoms with Crippen LogP contribution in [-0.2, 0) is 6.54 Å². The monoisotopic (exact) mass is 385 g/mol. The first-order valence-electron chi connectivity index (χ1n) is 9.71. The molecule has 2 N–H and O–H groups in total. The molecule has 0 aliphatic carbocycles. The van der Waals surface area contributed by atoms with Crippen LogP contribution >= 0.6 is 0 Å². The van der Waals surface area contributed by atoms with Gasteiger partial charge < -0.3 is 20.3 Å². The standard InChI is InChI=1S/C21H28FN5O/c1-16(28-19-8-4-3-7-18(19)22)13-25-21(23-2)26-15-17-9-10-20(24-14-17)27-11-5-6-12-27/h3-4,7-10,14,16H,5-6,11-13,15H2,1-2H3,(H2,23,25,26). The Labute approximate surface area is 165 Å². The fourth-order valence-corrected chi connectivity index (χ4v) is 3.10. The molecular formula is C21H28FN5O. The average molecular weight is 385 g/mol. The molecule has 0 amide bonds. The topological polar surface area (TPSA) is 61.8 Å². The van der Waals surface area contributed by atoms with Crippen LogP contribution in [0.4, 0.5) is 10.2 Å². The minimum absolute atomic E-state index is 0.211. The molecule has 6 nitrogen and oxygen atoms in total. The number of benzene rings is 1. The number of nitrogens with zero attached hydrogens (tertiary/aromatic N) is 3. The molecule has 1 aromatic heterocycles. The van der Waals surface area contributed by atoms with E-state index in [0.717, 1.165) is 24.5 Å². The van der Waals surface area contributed by atoms with Gasteiger partial charge in [0.2, 0.25) is 0 Å². The predicted octanol–water partition coefficient (Wildman–Crippen LogP) is 2.95. The number of aliphatic imine (C=N–C) groups is 1. The van der Waals surface area contributed by atoms with Crippen molar-refractivity contribution in [2.45, 2.75) is 32.4 Å². The number of para-hydroxylation sites is 1. The summed E-state index contributed by atoms with van der Waals surface area (Å²) in [6.07, 6.45) is 4.17. The number of anilines is 1. The van der Waals surface area contributed by atoms with Gasteiger partial charge in [-0.1, -0.05) is 18.2 Å². The molecule has 3 rings (SSSR count). The van der Waals surface area contributed by atoms with Crippen molar-refractivity contribution in [1.29, 1.82) is 0 Å². The zero-order valence-corrected chi connectivity index (χ0v) is 16.5. The highest BCUT2D eigenvalue weighted by Gasteiger charge is 2.13. The van der Waals surface area contributed by atoms with E-state index in [1.165, 1.54) is 18.9 Å². The number of hydrogen-bond acceptors (Lipinski definition) is 4. The molecule has 1 unspecified atom stereocenters. The van der Waals surface area contributed by atoms with Gasteiger partial charge in [-0.2, -0.15) is 0 Å². The van der Waals surface area contributed by atoms with E-state index in [4.69, 9.17) is 4.74 Å². The Morgan fingerprint density at radius 1 is 1.21 bits per heavy atom. The van der Waals surface area contributed by atoms with E-state index in [1.807, 2.05) is 13.1 Å². The summed E-state index contributed by atoms with van der Waals surface area (Å²) in [6, 6.07) is 10.6. The summed E-state index contributed by atoms with van der Waals surface area (Å²) >= 11 is 0. The first-order chi connectivity index (χ1) is 13.7. The highest BCUT2D eigenvalue weighted by molar-refractivity contribution is 5.79. The van der Waals surface area contributed by atoms with Gasteiger partial charge >= 0.3 is 0 Å². The second-order valence-electron chi connectivity index (χ2n) is 6.88. The van der Waals surface area contributed by atoms with Gasteiger partial charge in [0.05, 0.1) is 6.54 Å². The first kappa shape index (κ1) is 19.9. The van der Waals surface area contributed by atoms with Gasteiger partial charge in [-0.05, 0) is 43.5 Å². The molecule has 0 spiro atoms. The molecular weight excluding hydrogens is 357 g/mol. The molecule has 1 saturated heterocycles. The van der Waals surface area contributed by atoms with Gasteiger partial charge in [0.1, 0.15) is 11.9 Å². The van der Waals surface area contributed by atoms with Crippen LogP contribution in [0, 0.1) is 5.82 Å². The lowest BCUT2D eigenvalue weighted by Crippen LogP contribution is -2.41. The van der Waals surface area contributed by atoms with Crippen LogP contribution in [0.25, 0.3) is 0 Å². The van der Waals surface area contributed by atoms with Crippen LogP contribution in [0.3, 0.4) is 0 Å². The quantitative estimate of drug-likeness (QED) is 0.567. The van der Waals surface area contributed by atoms with E-state index in [9.17, 15) is 4.39 Å². The molecule has 0 saturated carbocycles. The van der Waals surface area contributed by atoms with E-state index in [1.54, 1.807) is 25.2 Å². The fraction of sp³-hybridized carbons (Fsp3) is 0.429. The second kappa shape index (κ2) is 9.92. The summed E-state index contributed by atoms with van der Waals surface area (Å²) in [5.74, 6) is 1.60. The number of rotatable bonds is 7. The van der Waals surface area contributed by atoms with Crippen molar-refractivity contribution < 1.29 is 9.13 Å². The van der Waals surface area contributed by atoms with Gasteiger partial charge in [-0.15, -0.1) is 0 Å². The molecule has 1 aliphatic heterocycles. The Hall–Kier alpha value is -2.83. The largest absolute Gasteiger partial charge is 0.486 e. The number of guanidine groups is 1. The van der Waals surface area contributed by atoms with Gasteiger partial charge in [0.15, 0.2) is 17.5 Å². The summed E-state index contributed by atoms with van der Waals surface area (Å²) in [7, 11) is 1.71. The lowest BCUT2D eigenvalue weighted by Gasteiger charge is -2.18. The molecule has 1 atom stereocenters. The van der Waals surface area contributed by atoms with E-state index in [-0.39, 0.29) is 17.7 Å². The third kappa shape index (κ3) is 5.58. The fourth-order valence-electron chi connectivity index (χ4n) is 3.10. The van der Waals surface area contributed by atoms with Crippen molar-refractivity contribution in [2.24, 2.45) is 4.99 Å². The van der Waals surface area contributed by atoms with Crippen LogP contribution in [-0.4, -0.2) is 43.7 Å². The molecule has 0 radical (unpaired) electrons. The second-order valence-corrected chi connectivity index (χ2v) is 6.88. The Morgan fingerprint density at radius 2 is 2.00 bits per heavy atom. The van der Waals surface area contributed by atoms with Gasteiger partial charge in [-0.3, -0.25) is 4.99 Å². The van der Waals surface area contributed by atoms with Crippen molar-refractivity contribution in [1.82, 2.24) is 15.6 Å². The Morgan fingerprint density at radius 3 is 2.68 bits per heavy atom. The zero-order valence-electron chi connectivity index (χ0n) is 16.5.